The Kier molecular flexibility index (Phi) is 5.73. The molecule has 8 nitrogen and oxygen atoms in total. The van der Waals surface area contributed by atoms with Crippen LogP contribution in [0.15, 0.2) is 42.5 Å². The van der Waals surface area contributed by atoms with Crippen molar-refractivity contribution in [2.24, 2.45) is 0 Å². The van der Waals surface area contributed by atoms with Crippen LogP contribution in [-0.2, 0) is 14.9 Å². The predicted molar refractivity (Wildman–Crippen MR) is 116 cm³/mol. The Morgan fingerprint density at radius 1 is 1.26 bits per heavy atom. The molecule has 31 heavy (non-hydrogen) atoms. The van der Waals surface area contributed by atoms with Crippen molar-refractivity contribution in [2.45, 2.75) is 44.6 Å². The molecule has 0 radical (unpaired) electrons. The standard InChI is InChI=1S/C22H22ClN5O3/c1-3-13(2)31-20(29)17-8-7-16(12-18(17)19-25-27-28-26-19)24-21(30)22(9-10-22)14-5-4-6-15(23)11-14/h4-8,11-13H,3,9-10H2,1-2H3,(H,24,30)(H,25,26,27,28). The number of rotatable bonds is 7. The second-order valence-corrected chi connectivity index (χ2v) is 8.12. The molecule has 1 aliphatic rings. The molecule has 1 fully saturated rings. The summed E-state index contributed by atoms with van der Waals surface area (Å²) in [6.45, 7) is 3.76. The van der Waals surface area contributed by atoms with Gasteiger partial charge in [0.25, 0.3) is 0 Å². The van der Waals surface area contributed by atoms with Gasteiger partial charge in [-0.25, -0.2) is 9.89 Å². The molecule has 0 spiro atoms. The van der Waals surface area contributed by atoms with Crippen molar-refractivity contribution in [3.8, 4) is 11.4 Å². The highest BCUT2D eigenvalue weighted by molar-refractivity contribution is 6.30. The highest BCUT2D eigenvalue weighted by atomic mass is 35.5. The van der Waals surface area contributed by atoms with E-state index in [1.807, 2.05) is 32.0 Å². The number of halogens is 1. The number of nitrogens with zero attached hydrogens (tertiary/aromatic N) is 3. The van der Waals surface area contributed by atoms with E-state index in [2.05, 4.69) is 25.9 Å². The van der Waals surface area contributed by atoms with Crippen LogP contribution in [0.3, 0.4) is 0 Å². The Labute approximate surface area is 184 Å². The van der Waals surface area contributed by atoms with E-state index in [1.54, 1.807) is 24.3 Å². The zero-order valence-corrected chi connectivity index (χ0v) is 17.9. The van der Waals surface area contributed by atoms with Gasteiger partial charge in [0.15, 0.2) is 5.82 Å². The van der Waals surface area contributed by atoms with Gasteiger partial charge in [-0.05, 0) is 72.5 Å². The number of esters is 1. The van der Waals surface area contributed by atoms with Crippen LogP contribution in [0.25, 0.3) is 11.4 Å². The largest absolute Gasteiger partial charge is 0.459 e. The SMILES string of the molecule is CCC(C)OC(=O)c1ccc(NC(=O)C2(c3cccc(Cl)c3)CC2)cc1-c1nnn[nH]1. The summed E-state index contributed by atoms with van der Waals surface area (Å²) in [6, 6.07) is 12.3. The van der Waals surface area contributed by atoms with Crippen molar-refractivity contribution >= 4 is 29.2 Å². The quantitative estimate of drug-likeness (QED) is 0.535. The van der Waals surface area contributed by atoms with E-state index in [-0.39, 0.29) is 12.0 Å². The number of H-pyrrole nitrogens is 1. The van der Waals surface area contributed by atoms with Crippen molar-refractivity contribution < 1.29 is 14.3 Å². The summed E-state index contributed by atoms with van der Waals surface area (Å²) in [6.07, 6.45) is 1.97. The van der Waals surface area contributed by atoms with Crippen LogP contribution in [0.1, 0.15) is 49.0 Å². The first-order valence-electron chi connectivity index (χ1n) is 10.1. The van der Waals surface area contributed by atoms with Gasteiger partial charge in [-0.2, -0.15) is 0 Å². The zero-order chi connectivity index (χ0) is 22.0. The molecule has 4 rings (SSSR count). The first kappa shape index (κ1) is 21.0. The van der Waals surface area contributed by atoms with Gasteiger partial charge >= 0.3 is 5.97 Å². The average molecular weight is 440 g/mol. The summed E-state index contributed by atoms with van der Waals surface area (Å²) in [5, 5.41) is 17.3. The van der Waals surface area contributed by atoms with Gasteiger partial charge in [-0.1, -0.05) is 30.7 Å². The summed E-state index contributed by atoms with van der Waals surface area (Å²) in [4.78, 5) is 25.8. The number of ether oxygens (including phenoxy) is 1. The molecule has 1 aliphatic carbocycles. The van der Waals surface area contributed by atoms with Crippen molar-refractivity contribution in [3.05, 3.63) is 58.6 Å². The van der Waals surface area contributed by atoms with Gasteiger partial charge in [0.2, 0.25) is 5.91 Å². The average Bonchev–Trinajstić information content (AvgIpc) is 3.40. The monoisotopic (exact) mass is 439 g/mol. The summed E-state index contributed by atoms with van der Waals surface area (Å²) in [5.74, 6) is -0.286. The Bertz CT molecular complexity index is 1110. The first-order chi connectivity index (χ1) is 14.9. The molecule has 1 amide bonds. The summed E-state index contributed by atoms with van der Waals surface area (Å²) in [7, 11) is 0. The lowest BCUT2D eigenvalue weighted by Crippen LogP contribution is -2.27. The van der Waals surface area contributed by atoms with E-state index in [0.29, 0.717) is 34.1 Å². The third-order valence-electron chi connectivity index (χ3n) is 5.54. The van der Waals surface area contributed by atoms with Crippen LogP contribution in [-0.4, -0.2) is 38.6 Å². The molecule has 3 aromatic rings. The van der Waals surface area contributed by atoms with Crippen molar-refractivity contribution in [2.75, 3.05) is 5.32 Å². The molecule has 2 aromatic carbocycles. The van der Waals surface area contributed by atoms with Gasteiger partial charge < -0.3 is 10.1 Å². The molecular formula is C22H22ClN5O3. The number of aromatic amines is 1. The molecule has 0 aliphatic heterocycles. The lowest BCUT2D eigenvalue weighted by atomic mass is 9.94. The van der Waals surface area contributed by atoms with Gasteiger partial charge in [0.1, 0.15) is 0 Å². The third-order valence-corrected chi connectivity index (χ3v) is 5.78. The lowest BCUT2D eigenvalue weighted by molar-refractivity contribution is -0.118. The first-order valence-corrected chi connectivity index (χ1v) is 10.5. The lowest BCUT2D eigenvalue weighted by Gasteiger charge is -2.17. The normalized spacial score (nSPS) is 15.2. The van der Waals surface area contributed by atoms with E-state index in [4.69, 9.17) is 16.3 Å². The minimum atomic E-state index is -0.590. The summed E-state index contributed by atoms with van der Waals surface area (Å²) < 4.78 is 5.46. The Hall–Kier alpha value is -3.26. The number of tetrazole rings is 1. The fraction of sp³-hybridized carbons (Fsp3) is 0.318. The van der Waals surface area contributed by atoms with Crippen molar-refractivity contribution in [1.29, 1.82) is 0 Å². The van der Waals surface area contributed by atoms with E-state index < -0.39 is 11.4 Å². The highest BCUT2D eigenvalue weighted by Crippen LogP contribution is 2.49. The number of benzene rings is 2. The molecule has 1 unspecified atom stereocenters. The number of carbonyl (C=O) groups is 2. The maximum atomic E-state index is 13.1. The van der Waals surface area contributed by atoms with Crippen molar-refractivity contribution in [1.82, 2.24) is 20.6 Å². The molecule has 160 valence electrons. The Morgan fingerprint density at radius 3 is 2.71 bits per heavy atom. The predicted octanol–water partition coefficient (Wildman–Crippen LogP) is 4.15. The molecule has 0 bridgehead atoms. The smallest absolute Gasteiger partial charge is 0.339 e. The van der Waals surface area contributed by atoms with Crippen molar-refractivity contribution in [3.63, 3.8) is 0 Å². The maximum Gasteiger partial charge on any atom is 0.339 e. The van der Waals surface area contributed by atoms with Crippen LogP contribution in [0.5, 0.6) is 0 Å². The van der Waals surface area contributed by atoms with E-state index in [1.165, 1.54) is 0 Å². The fourth-order valence-corrected chi connectivity index (χ4v) is 3.60. The number of hydrogen-bond donors (Lipinski definition) is 2. The third kappa shape index (κ3) is 4.29. The van der Waals surface area contributed by atoms with Crippen LogP contribution in [0.4, 0.5) is 5.69 Å². The molecule has 1 aromatic heterocycles. The Morgan fingerprint density at radius 2 is 2.06 bits per heavy atom. The fourth-order valence-electron chi connectivity index (χ4n) is 3.41. The molecule has 1 saturated carbocycles. The molecule has 1 heterocycles. The van der Waals surface area contributed by atoms with Gasteiger partial charge in [-0.3, -0.25) is 4.79 Å². The second kappa shape index (κ2) is 8.47. The number of aromatic nitrogens is 4. The Balaban J connectivity index is 1.62. The minimum Gasteiger partial charge on any atom is -0.459 e. The number of anilines is 1. The molecule has 9 heteroatoms. The topological polar surface area (TPSA) is 110 Å². The second-order valence-electron chi connectivity index (χ2n) is 7.68. The molecular weight excluding hydrogens is 418 g/mol. The number of amides is 1. The van der Waals surface area contributed by atoms with Gasteiger partial charge in [-0.15, -0.1) is 5.10 Å². The van der Waals surface area contributed by atoms with E-state index in [9.17, 15) is 9.59 Å². The van der Waals surface area contributed by atoms with Crippen LogP contribution in [0, 0.1) is 0 Å². The molecule has 1 atom stereocenters. The van der Waals surface area contributed by atoms with Gasteiger partial charge in [0, 0.05) is 16.3 Å². The molecule has 0 saturated heterocycles. The minimum absolute atomic E-state index is 0.119. The summed E-state index contributed by atoms with van der Waals surface area (Å²) >= 11 is 6.12. The zero-order valence-electron chi connectivity index (χ0n) is 17.2. The highest BCUT2D eigenvalue weighted by Gasteiger charge is 2.51. The number of hydrogen-bond acceptors (Lipinski definition) is 6. The van der Waals surface area contributed by atoms with Crippen LogP contribution >= 0.6 is 11.6 Å². The van der Waals surface area contributed by atoms with Gasteiger partial charge in [0.05, 0.1) is 17.1 Å². The van der Waals surface area contributed by atoms with Crippen LogP contribution in [0.2, 0.25) is 5.02 Å². The van der Waals surface area contributed by atoms with E-state index in [0.717, 1.165) is 18.4 Å². The van der Waals surface area contributed by atoms with Crippen LogP contribution < -0.4 is 5.32 Å². The summed E-state index contributed by atoms with van der Waals surface area (Å²) in [5.41, 5.74) is 1.60. The number of nitrogens with one attached hydrogen (secondary N) is 2. The maximum absolute atomic E-state index is 13.1. The van der Waals surface area contributed by atoms with E-state index >= 15 is 0 Å². The number of carbonyl (C=O) groups excluding carboxylic acids is 2. The molecule has 2 N–H and O–H groups in total.